The number of ether oxygens (including phenoxy) is 1. The van der Waals surface area contributed by atoms with Gasteiger partial charge in [0, 0.05) is 11.4 Å². The second kappa shape index (κ2) is 5.91. The van der Waals surface area contributed by atoms with Crippen LogP contribution in [0, 0.1) is 0 Å². The maximum Gasteiger partial charge on any atom is 0.400 e. The van der Waals surface area contributed by atoms with E-state index in [0.717, 1.165) is 0 Å². The smallest absolute Gasteiger partial charge is 0.400 e. The first-order valence-corrected chi connectivity index (χ1v) is 5.59. The van der Waals surface area contributed by atoms with E-state index < -0.39 is 24.1 Å². The monoisotopic (exact) mass is 276 g/mol. The molecular formula is C12H11ClF2O3. The van der Waals surface area contributed by atoms with E-state index in [4.69, 9.17) is 11.6 Å². The van der Waals surface area contributed by atoms with E-state index in [-0.39, 0.29) is 17.2 Å². The lowest BCUT2D eigenvalue weighted by molar-refractivity contribution is -0.176. The molecule has 0 N–H and O–H groups in total. The highest BCUT2D eigenvalue weighted by atomic mass is 35.5. The molecule has 0 aliphatic rings. The van der Waals surface area contributed by atoms with Gasteiger partial charge in [0.1, 0.15) is 0 Å². The molecule has 18 heavy (non-hydrogen) atoms. The zero-order chi connectivity index (χ0) is 13.8. The van der Waals surface area contributed by atoms with Gasteiger partial charge in [-0.2, -0.15) is 8.78 Å². The first kappa shape index (κ1) is 14.6. The molecule has 1 rings (SSSR count). The third kappa shape index (κ3) is 3.26. The molecular weight excluding hydrogens is 266 g/mol. The Morgan fingerprint density at radius 1 is 1.33 bits per heavy atom. The minimum absolute atomic E-state index is 0.200. The van der Waals surface area contributed by atoms with Crippen LogP contribution >= 0.6 is 11.6 Å². The third-order valence-corrected chi connectivity index (χ3v) is 2.56. The summed E-state index contributed by atoms with van der Waals surface area (Å²) in [7, 11) is 0. The molecule has 1 aromatic carbocycles. The fraction of sp³-hybridized carbons (Fsp3) is 0.333. The van der Waals surface area contributed by atoms with Crippen molar-refractivity contribution in [1.82, 2.24) is 0 Å². The Labute approximate surface area is 108 Å². The van der Waals surface area contributed by atoms with E-state index >= 15 is 0 Å². The molecule has 0 heterocycles. The van der Waals surface area contributed by atoms with E-state index in [2.05, 4.69) is 4.74 Å². The number of rotatable bonds is 5. The quantitative estimate of drug-likeness (QED) is 0.613. The molecule has 3 nitrogen and oxygen atoms in total. The number of Topliss-reactive ketones (excluding diaryl/α,β-unsaturated/α-hetero) is 1. The molecule has 0 aliphatic carbocycles. The predicted molar refractivity (Wildman–Crippen MR) is 61.7 cm³/mol. The van der Waals surface area contributed by atoms with Crippen molar-refractivity contribution in [3.63, 3.8) is 0 Å². The van der Waals surface area contributed by atoms with Crippen molar-refractivity contribution >= 4 is 23.4 Å². The van der Waals surface area contributed by atoms with Gasteiger partial charge in [0.15, 0.2) is 0 Å². The number of benzene rings is 1. The molecule has 0 saturated carbocycles. The summed E-state index contributed by atoms with van der Waals surface area (Å²) in [6, 6.07) is 6.10. The molecule has 0 radical (unpaired) electrons. The van der Waals surface area contributed by atoms with E-state index in [1.54, 1.807) is 12.1 Å². The topological polar surface area (TPSA) is 43.4 Å². The fourth-order valence-electron chi connectivity index (χ4n) is 1.26. The SMILES string of the molecule is CCOC(=O)C(F)(F)C(=O)Cc1ccccc1Cl. The van der Waals surface area contributed by atoms with Gasteiger partial charge in [-0.1, -0.05) is 29.8 Å². The van der Waals surface area contributed by atoms with Gasteiger partial charge in [-0.25, -0.2) is 4.79 Å². The molecule has 0 amide bonds. The third-order valence-electron chi connectivity index (χ3n) is 2.19. The molecule has 0 aromatic heterocycles. The van der Waals surface area contributed by atoms with Gasteiger partial charge in [0.25, 0.3) is 0 Å². The van der Waals surface area contributed by atoms with Gasteiger partial charge in [-0.3, -0.25) is 4.79 Å². The number of carbonyl (C=O) groups is 2. The molecule has 98 valence electrons. The molecule has 0 bridgehead atoms. The highest BCUT2D eigenvalue weighted by Crippen LogP contribution is 2.22. The predicted octanol–water partition coefficient (Wildman–Crippen LogP) is 2.65. The largest absolute Gasteiger partial charge is 0.461 e. The molecule has 0 fully saturated rings. The van der Waals surface area contributed by atoms with Crippen LogP contribution < -0.4 is 0 Å². The number of carbonyl (C=O) groups excluding carboxylic acids is 2. The van der Waals surface area contributed by atoms with E-state index in [1.165, 1.54) is 19.1 Å². The first-order chi connectivity index (χ1) is 8.39. The zero-order valence-corrected chi connectivity index (χ0v) is 10.3. The maximum atomic E-state index is 13.3. The average molecular weight is 277 g/mol. The zero-order valence-electron chi connectivity index (χ0n) is 9.58. The van der Waals surface area contributed by atoms with Crippen molar-refractivity contribution in [2.75, 3.05) is 6.61 Å². The Kier molecular flexibility index (Phi) is 4.78. The van der Waals surface area contributed by atoms with Gasteiger partial charge in [-0.05, 0) is 18.6 Å². The molecule has 6 heteroatoms. The Hall–Kier alpha value is -1.49. The summed E-state index contributed by atoms with van der Waals surface area (Å²) in [5, 5.41) is 0.200. The summed E-state index contributed by atoms with van der Waals surface area (Å²) in [5.41, 5.74) is 0.244. The Morgan fingerprint density at radius 2 is 1.94 bits per heavy atom. The molecule has 0 unspecified atom stereocenters. The van der Waals surface area contributed by atoms with E-state index in [9.17, 15) is 18.4 Å². The van der Waals surface area contributed by atoms with Crippen LogP contribution in [-0.4, -0.2) is 24.3 Å². The summed E-state index contributed by atoms with van der Waals surface area (Å²) in [4.78, 5) is 22.3. The Bertz CT molecular complexity index is 460. The highest BCUT2D eigenvalue weighted by molar-refractivity contribution is 6.31. The summed E-state index contributed by atoms with van der Waals surface area (Å²) < 4.78 is 30.8. The first-order valence-electron chi connectivity index (χ1n) is 5.21. The van der Waals surface area contributed by atoms with Crippen LogP contribution in [0.4, 0.5) is 8.78 Å². The van der Waals surface area contributed by atoms with Crippen LogP contribution in [0.1, 0.15) is 12.5 Å². The van der Waals surface area contributed by atoms with Crippen molar-refractivity contribution < 1.29 is 23.1 Å². The van der Waals surface area contributed by atoms with Gasteiger partial charge < -0.3 is 4.74 Å². The molecule has 0 spiro atoms. The fourth-order valence-corrected chi connectivity index (χ4v) is 1.46. The lowest BCUT2D eigenvalue weighted by atomic mass is 10.0. The van der Waals surface area contributed by atoms with Gasteiger partial charge in [0.2, 0.25) is 5.78 Å². The standard InChI is InChI=1S/C12H11ClF2O3/c1-2-18-11(17)12(14,15)10(16)7-8-5-3-4-6-9(8)13/h3-6H,2,7H2,1H3. The number of hydrogen-bond acceptors (Lipinski definition) is 3. The number of ketones is 1. The van der Waals surface area contributed by atoms with Crippen molar-refractivity contribution in [3.8, 4) is 0 Å². The van der Waals surface area contributed by atoms with Gasteiger partial charge >= 0.3 is 11.9 Å². The van der Waals surface area contributed by atoms with Gasteiger partial charge in [0.05, 0.1) is 6.61 Å². The lowest BCUT2D eigenvalue weighted by Crippen LogP contribution is -2.40. The average Bonchev–Trinajstić information content (AvgIpc) is 2.32. The molecule has 0 saturated heterocycles. The van der Waals surface area contributed by atoms with Gasteiger partial charge in [-0.15, -0.1) is 0 Å². The number of alkyl halides is 2. The minimum atomic E-state index is -4.14. The minimum Gasteiger partial charge on any atom is -0.461 e. The van der Waals surface area contributed by atoms with Crippen molar-refractivity contribution in [2.24, 2.45) is 0 Å². The Balaban J connectivity index is 2.82. The number of halogens is 3. The Morgan fingerprint density at radius 3 is 2.50 bits per heavy atom. The highest BCUT2D eigenvalue weighted by Gasteiger charge is 2.48. The second-order valence-corrected chi connectivity index (χ2v) is 3.89. The normalized spacial score (nSPS) is 11.1. The summed E-state index contributed by atoms with van der Waals surface area (Å²) in [6.07, 6.45) is -0.620. The van der Waals surface area contributed by atoms with Crippen LogP contribution in [0.2, 0.25) is 5.02 Å². The van der Waals surface area contributed by atoms with Crippen LogP contribution in [0.3, 0.4) is 0 Å². The summed E-state index contributed by atoms with van der Waals surface area (Å²) >= 11 is 5.75. The molecule has 0 atom stereocenters. The van der Waals surface area contributed by atoms with E-state index in [0.29, 0.717) is 0 Å². The lowest BCUT2D eigenvalue weighted by Gasteiger charge is -2.13. The summed E-state index contributed by atoms with van der Waals surface area (Å²) in [5.74, 6) is -7.51. The summed E-state index contributed by atoms with van der Waals surface area (Å²) in [6.45, 7) is 1.17. The second-order valence-electron chi connectivity index (χ2n) is 3.49. The molecule has 1 aromatic rings. The molecule has 0 aliphatic heterocycles. The van der Waals surface area contributed by atoms with Crippen molar-refractivity contribution in [1.29, 1.82) is 0 Å². The van der Waals surface area contributed by atoms with Crippen LogP contribution in [0.25, 0.3) is 0 Å². The van der Waals surface area contributed by atoms with E-state index in [1.807, 2.05) is 0 Å². The number of hydrogen-bond donors (Lipinski definition) is 0. The van der Waals surface area contributed by atoms with Crippen LogP contribution in [-0.2, 0) is 20.7 Å². The maximum absolute atomic E-state index is 13.3. The van der Waals surface area contributed by atoms with Crippen LogP contribution in [0.5, 0.6) is 0 Å². The number of esters is 1. The van der Waals surface area contributed by atoms with Crippen molar-refractivity contribution in [2.45, 2.75) is 19.3 Å². The van der Waals surface area contributed by atoms with Crippen LogP contribution in [0.15, 0.2) is 24.3 Å². The van der Waals surface area contributed by atoms with Crippen molar-refractivity contribution in [3.05, 3.63) is 34.9 Å².